The smallest absolute Gasteiger partial charge is 0.153 e. The normalized spacial score (nSPS) is 11.0. The van der Waals surface area contributed by atoms with E-state index in [2.05, 4.69) is 0 Å². The first-order chi connectivity index (χ1) is 14.6. The van der Waals surface area contributed by atoms with E-state index in [9.17, 15) is 4.39 Å². The first-order valence-electron chi connectivity index (χ1n) is 9.30. The number of nitriles is 1. The topological polar surface area (TPSA) is 42.2 Å². The van der Waals surface area contributed by atoms with Crippen molar-refractivity contribution >= 4 is 27.5 Å². The van der Waals surface area contributed by atoms with Gasteiger partial charge in [-0.05, 0) is 72.2 Å². The second-order valence-electron chi connectivity index (χ2n) is 6.72. The highest BCUT2D eigenvalue weighted by atomic mass is 32.1. The van der Waals surface area contributed by atoms with Crippen LogP contribution in [0.25, 0.3) is 26.6 Å². The number of ether oxygens (including phenoxy) is 2. The van der Waals surface area contributed by atoms with Crippen molar-refractivity contribution in [3.63, 3.8) is 0 Å². The van der Waals surface area contributed by atoms with Gasteiger partial charge in [-0.25, -0.2) is 4.39 Å². The molecule has 30 heavy (non-hydrogen) atoms. The fourth-order valence-electron chi connectivity index (χ4n) is 3.24. The summed E-state index contributed by atoms with van der Waals surface area (Å²) < 4.78 is 26.4. The fourth-order valence-corrected chi connectivity index (χ4v) is 4.49. The van der Waals surface area contributed by atoms with Crippen molar-refractivity contribution in [1.29, 1.82) is 5.26 Å². The maximum absolute atomic E-state index is 13.7. The van der Waals surface area contributed by atoms with Crippen molar-refractivity contribution < 1.29 is 13.9 Å². The Morgan fingerprint density at radius 1 is 1.00 bits per heavy atom. The molecule has 0 amide bonds. The second-order valence-corrected chi connectivity index (χ2v) is 7.77. The molecule has 0 aliphatic carbocycles. The van der Waals surface area contributed by atoms with Crippen molar-refractivity contribution in [1.82, 2.24) is 0 Å². The van der Waals surface area contributed by atoms with Gasteiger partial charge < -0.3 is 9.47 Å². The van der Waals surface area contributed by atoms with E-state index in [4.69, 9.17) is 14.7 Å². The highest BCUT2D eigenvalue weighted by Crippen LogP contribution is 2.48. The first-order valence-corrected chi connectivity index (χ1v) is 10.1. The number of halogens is 1. The van der Waals surface area contributed by atoms with Crippen molar-refractivity contribution in [2.24, 2.45) is 0 Å². The summed E-state index contributed by atoms with van der Waals surface area (Å²) >= 11 is 1.59. The number of aryl methyl sites for hydroxylation is 1. The molecule has 4 aromatic rings. The molecule has 3 nitrogen and oxygen atoms in total. The Hall–Kier alpha value is -3.62. The number of thiophene rings is 1. The summed E-state index contributed by atoms with van der Waals surface area (Å²) in [6.07, 6.45) is 3.18. The highest BCUT2D eigenvalue weighted by molar-refractivity contribution is 7.22. The van der Waals surface area contributed by atoms with Gasteiger partial charge in [0, 0.05) is 16.2 Å². The Morgan fingerprint density at radius 2 is 1.77 bits per heavy atom. The number of fused-ring (bicyclic) bond motifs is 1. The Kier molecular flexibility index (Phi) is 5.51. The lowest BCUT2D eigenvalue weighted by molar-refractivity contribution is 0.415. The van der Waals surface area contributed by atoms with Gasteiger partial charge in [0.2, 0.25) is 0 Å². The molecule has 0 aliphatic heterocycles. The molecule has 0 saturated carbocycles. The molecule has 0 spiro atoms. The van der Waals surface area contributed by atoms with Crippen LogP contribution in [0.2, 0.25) is 0 Å². The molecule has 0 saturated heterocycles. The zero-order valence-electron chi connectivity index (χ0n) is 16.5. The molecule has 0 radical (unpaired) electrons. The number of benzene rings is 3. The Labute approximate surface area is 178 Å². The van der Waals surface area contributed by atoms with Gasteiger partial charge in [0.25, 0.3) is 0 Å². The van der Waals surface area contributed by atoms with Gasteiger partial charge in [-0.1, -0.05) is 18.2 Å². The molecule has 3 aromatic carbocycles. The summed E-state index contributed by atoms with van der Waals surface area (Å²) in [6, 6.07) is 20.1. The molecular weight excluding hydrogens is 397 g/mol. The van der Waals surface area contributed by atoms with Crippen LogP contribution in [-0.4, -0.2) is 7.11 Å². The van der Waals surface area contributed by atoms with Gasteiger partial charge in [0.1, 0.15) is 17.3 Å². The Bertz CT molecular complexity index is 1280. The number of hydrogen-bond donors (Lipinski definition) is 0. The maximum atomic E-state index is 13.7. The van der Waals surface area contributed by atoms with Crippen LogP contribution >= 0.6 is 11.3 Å². The molecule has 0 fully saturated rings. The third-order valence-electron chi connectivity index (χ3n) is 4.74. The predicted molar refractivity (Wildman–Crippen MR) is 120 cm³/mol. The summed E-state index contributed by atoms with van der Waals surface area (Å²) in [5, 5.41) is 9.64. The SMILES string of the molecule is COc1ccc2c(Oc3ccc(C=CC#N)cc3)c(-c3ccc(F)cc3C)sc2c1. The van der Waals surface area contributed by atoms with E-state index < -0.39 is 0 Å². The summed E-state index contributed by atoms with van der Waals surface area (Å²) in [6.45, 7) is 1.89. The van der Waals surface area contributed by atoms with Gasteiger partial charge in [0.05, 0.1) is 18.1 Å². The average Bonchev–Trinajstić information content (AvgIpc) is 3.10. The van der Waals surface area contributed by atoms with E-state index in [-0.39, 0.29) is 5.82 Å². The minimum atomic E-state index is -0.262. The zero-order valence-corrected chi connectivity index (χ0v) is 17.3. The summed E-state index contributed by atoms with van der Waals surface area (Å²) in [7, 11) is 1.64. The lowest BCUT2D eigenvalue weighted by atomic mass is 10.1. The molecular formula is C25H18FNO2S. The van der Waals surface area contributed by atoms with Gasteiger partial charge in [0.15, 0.2) is 5.75 Å². The predicted octanol–water partition coefficient (Wildman–Crippen LogP) is 7.35. The zero-order chi connectivity index (χ0) is 21.1. The molecule has 0 atom stereocenters. The van der Waals surface area contributed by atoms with Crippen LogP contribution in [0.5, 0.6) is 17.2 Å². The van der Waals surface area contributed by atoms with Crippen molar-refractivity contribution in [2.45, 2.75) is 6.92 Å². The van der Waals surface area contributed by atoms with E-state index in [0.29, 0.717) is 5.75 Å². The maximum Gasteiger partial charge on any atom is 0.153 e. The molecule has 0 aliphatic rings. The number of rotatable bonds is 5. The van der Waals surface area contributed by atoms with E-state index in [1.165, 1.54) is 18.2 Å². The third-order valence-corrected chi connectivity index (χ3v) is 5.90. The summed E-state index contributed by atoms with van der Waals surface area (Å²) in [5.74, 6) is 1.92. The molecule has 0 unspecified atom stereocenters. The van der Waals surface area contributed by atoms with Crippen molar-refractivity contribution in [3.05, 3.63) is 83.7 Å². The van der Waals surface area contributed by atoms with Crippen LogP contribution in [0.4, 0.5) is 4.39 Å². The van der Waals surface area contributed by atoms with Crippen LogP contribution in [-0.2, 0) is 0 Å². The number of allylic oxidation sites excluding steroid dienone is 1. The number of methoxy groups -OCH3 is 1. The minimum Gasteiger partial charge on any atom is -0.497 e. The molecule has 0 N–H and O–H groups in total. The van der Waals surface area contributed by atoms with Gasteiger partial charge in [-0.15, -0.1) is 11.3 Å². The van der Waals surface area contributed by atoms with E-state index in [0.717, 1.165) is 43.2 Å². The van der Waals surface area contributed by atoms with Crippen LogP contribution in [0.1, 0.15) is 11.1 Å². The van der Waals surface area contributed by atoms with Gasteiger partial charge in [-0.3, -0.25) is 0 Å². The Balaban J connectivity index is 1.82. The Morgan fingerprint density at radius 3 is 2.47 bits per heavy atom. The van der Waals surface area contributed by atoms with Gasteiger partial charge in [-0.2, -0.15) is 5.26 Å². The van der Waals surface area contributed by atoms with Crippen LogP contribution in [0, 0.1) is 24.1 Å². The summed E-state index contributed by atoms with van der Waals surface area (Å²) in [5.41, 5.74) is 2.69. The average molecular weight is 415 g/mol. The molecule has 1 aromatic heterocycles. The molecule has 148 valence electrons. The number of nitrogens with zero attached hydrogens (tertiary/aromatic N) is 1. The van der Waals surface area contributed by atoms with E-state index in [1.807, 2.05) is 55.5 Å². The number of hydrogen-bond acceptors (Lipinski definition) is 4. The lowest BCUT2D eigenvalue weighted by Gasteiger charge is -2.10. The molecule has 4 rings (SSSR count). The quantitative estimate of drug-likeness (QED) is 0.320. The van der Waals surface area contributed by atoms with Crippen molar-refractivity contribution in [3.8, 4) is 33.8 Å². The monoisotopic (exact) mass is 415 g/mol. The standard InChI is InChI=1S/C25H18FNO2S/c1-16-14-18(26)7-11-21(16)25-24(22-12-10-20(28-2)15-23(22)30-25)29-19-8-5-17(6-9-19)4-3-13-27/h3-12,14-15H,1-2H3. The molecule has 1 heterocycles. The second kappa shape index (κ2) is 8.40. The van der Waals surface area contributed by atoms with Crippen LogP contribution < -0.4 is 9.47 Å². The molecule has 5 heteroatoms. The fraction of sp³-hybridized carbons (Fsp3) is 0.0800. The van der Waals surface area contributed by atoms with Gasteiger partial charge >= 0.3 is 0 Å². The largest absolute Gasteiger partial charge is 0.497 e. The lowest BCUT2D eigenvalue weighted by Crippen LogP contribution is -1.88. The van der Waals surface area contributed by atoms with Crippen molar-refractivity contribution in [2.75, 3.05) is 7.11 Å². The minimum absolute atomic E-state index is 0.262. The molecule has 0 bridgehead atoms. The van der Waals surface area contributed by atoms with Crippen LogP contribution in [0.15, 0.2) is 66.7 Å². The third kappa shape index (κ3) is 3.91. The first kappa shape index (κ1) is 19.7. The van der Waals surface area contributed by atoms with Crippen LogP contribution in [0.3, 0.4) is 0 Å². The highest BCUT2D eigenvalue weighted by Gasteiger charge is 2.18. The van der Waals surface area contributed by atoms with E-state index in [1.54, 1.807) is 30.6 Å². The van der Waals surface area contributed by atoms with E-state index >= 15 is 0 Å². The summed E-state index contributed by atoms with van der Waals surface area (Å²) in [4.78, 5) is 0.934.